The van der Waals surface area contributed by atoms with Crippen molar-refractivity contribution in [3.05, 3.63) is 16.8 Å². The molecular weight excluding hydrogens is 356 g/mol. The number of morpholine rings is 1. The van der Waals surface area contributed by atoms with Crippen LogP contribution in [0.15, 0.2) is 6.33 Å². The summed E-state index contributed by atoms with van der Waals surface area (Å²) in [6.45, 7) is 6.33. The Hall–Kier alpha value is -1.24. The van der Waals surface area contributed by atoms with E-state index in [2.05, 4.69) is 27.1 Å². The summed E-state index contributed by atoms with van der Waals surface area (Å²) in [5.74, 6) is 1.78. The molecular formula is C21H30N4OS. The zero-order valence-corrected chi connectivity index (χ0v) is 17.1. The second-order valence-electron chi connectivity index (χ2n) is 8.28. The van der Waals surface area contributed by atoms with E-state index < -0.39 is 0 Å². The molecule has 3 heterocycles. The van der Waals surface area contributed by atoms with E-state index in [9.17, 15) is 0 Å². The molecule has 1 saturated heterocycles. The number of aryl methyl sites for hydroxylation is 1. The van der Waals surface area contributed by atoms with Crippen molar-refractivity contribution < 1.29 is 4.74 Å². The van der Waals surface area contributed by atoms with Crippen molar-refractivity contribution in [3.63, 3.8) is 0 Å². The molecule has 2 fully saturated rings. The van der Waals surface area contributed by atoms with Gasteiger partial charge in [0.25, 0.3) is 0 Å². The molecule has 1 aliphatic heterocycles. The lowest BCUT2D eigenvalue weighted by Crippen LogP contribution is -2.46. The molecule has 5 nitrogen and oxygen atoms in total. The average Bonchev–Trinajstić information content (AvgIpc) is 3.28. The van der Waals surface area contributed by atoms with Crippen molar-refractivity contribution in [2.24, 2.45) is 0 Å². The molecule has 1 saturated carbocycles. The highest BCUT2D eigenvalue weighted by Crippen LogP contribution is 2.46. The van der Waals surface area contributed by atoms with Crippen molar-refractivity contribution >= 4 is 27.4 Å². The fourth-order valence-electron chi connectivity index (χ4n) is 5.31. The summed E-state index contributed by atoms with van der Waals surface area (Å²) in [5.41, 5.74) is 1.56. The third-order valence-electron chi connectivity index (χ3n) is 6.82. The molecule has 2 aromatic rings. The molecule has 0 amide bonds. The Morgan fingerprint density at radius 3 is 2.74 bits per heavy atom. The predicted octanol–water partition coefficient (Wildman–Crippen LogP) is 4.19. The first-order chi connectivity index (χ1) is 13.3. The van der Waals surface area contributed by atoms with Crippen LogP contribution >= 0.6 is 11.3 Å². The van der Waals surface area contributed by atoms with Gasteiger partial charge in [0.2, 0.25) is 0 Å². The van der Waals surface area contributed by atoms with E-state index in [0.717, 1.165) is 38.2 Å². The Balaban J connectivity index is 1.31. The van der Waals surface area contributed by atoms with Crippen LogP contribution in [0.3, 0.4) is 0 Å². The Kier molecular flexibility index (Phi) is 5.05. The van der Waals surface area contributed by atoms with Gasteiger partial charge in [-0.1, -0.05) is 6.92 Å². The third kappa shape index (κ3) is 3.36. The van der Waals surface area contributed by atoms with Crippen LogP contribution < -0.4 is 5.32 Å². The molecule has 0 spiro atoms. The first-order valence-corrected chi connectivity index (χ1v) is 11.5. The average molecular weight is 387 g/mol. The van der Waals surface area contributed by atoms with E-state index >= 15 is 0 Å². The molecule has 0 aromatic carbocycles. The fraction of sp³-hybridized carbons (Fsp3) is 0.714. The van der Waals surface area contributed by atoms with Gasteiger partial charge in [0.15, 0.2) is 0 Å². The highest BCUT2D eigenvalue weighted by Gasteiger charge is 2.30. The van der Waals surface area contributed by atoms with Crippen LogP contribution in [0.1, 0.15) is 61.8 Å². The number of ether oxygens (including phenoxy) is 1. The highest BCUT2D eigenvalue weighted by atomic mass is 32.1. The molecule has 0 bridgehead atoms. The lowest BCUT2D eigenvalue weighted by molar-refractivity contribution is 0.00791. The van der Waals surface area contributed by atoms with E-state index in [1.165, 1.54) is 55.2 Å². The molecule has 5 rings (SSSR count). The minimum atomic E-state index is 0.539. The maximum Gasteiger partial charge on any atom is 0.138 e. The summed E-state index contributed by atoms with van der Waals surface area (Å²) in [6.07, 6.45) is 10.5. The largest absolute Gasteiger partial charge is 0.379 e. The molecule has 0 radical (unpaired) electrons. The zero-order valence-electron chi connectivity index (χ0n) is 16.2. The molecule has 1 atom stereocenters. The van der Waals surface area contributed by atoms with E-state index in [1.54, 1.807) is 16.8 Å². The summed E-state index contributed by atoms with van der Waals surface area (Å²) in [5, 5.41) is 5.15. The number of nitrogens with zero attached hydrogens (tertiary/aromatic N) is 3. The van der Waals surface area contributed by atoms with E-state index in [1.807, 2.05) is 11.3 Å². The standard InChI is InChI=1S/C21H30N4OS/c1-2-14-3-8-17-18(14)19-20(22-13-23-21(19)27-17)24-15-4-6-16(7-5-15)25-9-11-26-12-10-25/h13-16H,2-12H2,1H3,(H,22,23,24)/t14-,15-,16-/m0/s1. The Morgan fingerprint density at radius 1 is 1.15 bits per heavy atom. The van der Waals surface area contributed by atoms with Gasteiger partial charge in [-0.2, -0.15) is 0 Å². The van der Waals surface area contributed by atoms with Crippen molar-refractivity contribution in [1.29, 1.82) is 0 Å². The van der Waals surface area contributed by atoms with Crippen LogP contribution in [0.5, 0.6) is 0 Å². The zero-order chi connectivity index (χ0) is 18.2. The smallest absolute Gasteiger partial charge is 0.138 e. The monoisotopic (exact) mass is 386 g/mol. The van der Waals surface area contributed by atoms with Gasteiger partial charge in [0.1, 0.15) is 17.0 Å². The van der Waals surface area contributed by atoms with Gasteiger partial charge in [-0.3, -0.25) is 4.90 Å². The minimum Gasteiger partial charge on any atom is -0.379 e. The number of hydrogen-bond donors (Lipinski definition) is 1. The van der Waals surface area contributed by atoms with E-state index in [0.29, 0.717) is 12.0 Å². The first-order valence-electron chi connectivity index (χ1n) is 10.7. The van der Waals surface area contributed by atoms with Gasteiger partial charge in [0.05, 0.1) is 18.6 Å². The number of nitrogens with one attached hydrogen (secondary N) is 1. The van der Waals surface area contributed by atoms with Crippen molar-refractivity contribution in [3.8, 4) is 0 Å². The maximum absolute atomic E-state index is 5.51. The van der Waals surface area contributed by atoms with Crippen LogP contribution in [0.25, 0.3) is 10.2 Å². The number of aromatic nitrogens is 2. The lowest BCUT2D eigenvalue weighted by Gasteiger charge is -2.39. The van der Waals surface area contributed by atoms with Crippen LogP contribution in [0, 0.1) is 0 Å². The number of rotatable bonds is 4. The van der Waals surface area contributed by atoms with E-state index in [-0.39, 0.29) is 0 Å². The summed E-state index contributed by atoms with van der Waals surface area (Å²) >= 11 is 1.89. The summed E-state index contributed by atoms with van der Waals surface area (Å²) in [4.78, 5) is 14.6. The normalized spacial score (nSPS) is 29.1. The highest BCUT2D eigenvalue weighted by molar-refractivity contribution is 7.19. The van der Waals surface area contributed by atoms with Crippen LogP contribution in [-0.4, -0.2) is 53.3 Å². The predicted molar refractivity (Wildman–Crippen MR) is 111 cm³/mol. The number of thiophene rings is 1. The van der Waals surface area contributed by atoms with Gasteiger partial charge in [-0.15, -0.1) is 11.3 Å². The lowest BCUT2D eigenvalue weighted by atomic mass is 9.89. The van der Waals surface area contributed by atoms with Gasteiger partial charge in [-0.25, -0.2) is 9.97 Å². The molecule has 2 aliphatic carbocycles. The summed E-state index contributed by atoms with van der Waals surface area (Å²) in [6, 6.07) is 1.28. The topological polar surface area (TPSA) is 50.3 Å². The van der Waals surface area contributed by atoms with Gasteiger partial charge >= 0.3 is 0 Å². The Morgan fingerprint density at radius 2 is 1.96 bits per heavy atom. The summed E-state index contributed by atoms with van der Waals surface area (Å²) in [7, 11) is 0. The second-order valence-corrected chi connectivity index (χ2v) is 9.37. The van der Waals surface area contributed by atoms with Crippen LogP contribution in [-0.2, 0) is 11.2 Å². The van der Waals surface area contributed by atoms with Gasteiger partial charge < -0.3 is 10.1 Å². The quantitative estimate of drug-likeness (QED) is 0.854. The molecule has 2 aromatic heterocycles. The molecule has 0 unspecified atom stereocenters. The first kappa shape index (κ1) is 17.8. The molecule has 6 heteroatoms. The molecule has 146 valence electrons. The minimum absolute atomic E-state index is 0.539. The molecule has 1 N–H and O–H groups in total. The van der Waals surface area contributed by atoms with Crippen LogP contribution in [0.4, 0.5) is 5.82 Å². The Labute approximate surface area is 165 Å². The summed E-state index contributed by atoms with van der Waals surface area (Å²) < 4.78 is 5.51. The Bertz CT molecular complexity index is 793. The SMILES string of the molecule is CC[C@H]1CCc2sc3ncnc(N[C@H]4CC[C@H](N5CCOCC5)CC4)c3c21. The second kappa shape index (κ2) is 7.64. The van der Waals surface area contributed by atoms with Gasteiger partial charge in [-0.05, 0) is 56.4 Å². The molecule has 3 aliphatic rings. The number of hydrogen-bond acceptors (Lipinski definition) is 6. The third-order valence-corrected chi connectivity index (χ3v) is 8.00. The van der Waals surface area contributed by atoms with Crippen molar-refractivity contribution in [2.45, 2.75) is 69.9 Å². The van der Waals surface area contributed by atoms with Gasteiger partial charge in [0, 0.05) is 30.1 Å². The van der Waals surface area contributed by atoms with Crippen molar-refractivity contribution in [1.82, 2.24) is 14.9 Å². The van der Waals surface area contributed by atoms with E-state index in [4.69, 9.17) is 4.74 Å². The fourth-order valence-corrected chi connectivity index (χ4v) is 6.55. The molecule has 27 heavy (non-hydrogen) atoms. The maximum atomic E-state index is 5.51. The van der Waals surface area contributed by atoms with Crippen molar-refractivity contribution in [2.75, 3.05) is 31.6 Å². The van der Waals surface area contributed by atoms with Crippen LogP contribution in [0.2, 0.25) is 0 Å². The number of fused-ring (bicyclic) bond motifs is 3. The number of anilines is 1.